The van der Waals surface area contributed by atoms with Crippen molar-refractivity contribution in [2.45, 2.75) is 6.10 Å². The SMILES string of the molecule is O=C1O[C@H](CO)C=C1Br. The summed E-state index contributed by atoms with van der Waals surface area (Å²) < 4.78 is 4.98. The fourth-order valence-electron chi connectivity index (χ4n) is 0.549. The lowest BCUT2D eigenvalue weighted by Crippen LogP contribution is -2.11. The first-order valence-electron chi connectivity index (χ1n) is 2.43. The van der Waals surface area contributed by atoms with E-state index >= 15 is 0 Å². The fourth-order valence-corrected chi connectivity index (χ4v) is 0.937. The molecule has 9 heavy (non-hydrogen) atoms. The van der Waals surface area contributed by atoms with Gasteiger partial charge in [-0.1, -0.05) is 0 Å². The zero-order valence-corrected chi connectivity index (χ0v) is 6.09. The Balaban J connectivity index is 2.62. The first-order chi connectivity index (χ1) is 4.24. The van der Waals surface area contributed by atoms with Gasteiger partial charge in [0.2, 0.25) is 0 Å². The first kappa shape index (κ1) is 6.77. The number of ether oxygens (including phenoxy) is 1. The maximum atomic E-state index is 10.5. The lowest BCUT2D eigenvalue weighted by Gasteiger charge is -2.00. The molecule has 0 amide bonds. The number of carbonyl (C=O) groups is 1. The Morgan fingerprint density at radius 2 is 2.56 bits per heavy atom. The lowest BCUT2D eigenvalue weighted by atomic mass is 10.4. The molecule has 0 aliphatic carbocycles. The largest absolute Gasteiger partial charge is 0.452 e. The summed E-state index contributed by atoms with van der Waals surface area (Å²) in [6, 6.07) is 0. The van der Waals surface area contributed by atoms with E-state index in [2.05, 4.69) is 20.7 Å². The molecule has 0 saturated carbocycles. The summed E-state index contributed by atoms with van der Waals surface area (Å²) in [7, 11) is 0. The minimum atomic E-state index is -0.452. The second-order valence-corrected chi connectivity index (χ2v) is 2.50. The number of carbonyl (C=O) groups excluding carboxylic acids is 1. The Bertz CT molecular complexity index is 164. The third kappa shape index (κ3) is 1.31. The van der Waals surface area contributed by atoms with Gasteiger partial charge in [0.15, 0.2) is 0 Å². The van der Waals surface area contributed by atoms with E-state index in [9.17, 15) is 4.79 Å². The minimum absolute atomic E-state index is 0.152. The first-order valence-corrected chi connectivity index (χ1v) is 3.22. The van der Waals surface area contributed by atoms with Crippen LogP contribution in [0.2, 0.25) is 0 Å². The minimum Gasteiger partial charge on any atom is -0.452 e. The van der Waals surface area contributed by atoms with Crippen LogP contribution in [0.4, 0.5) is 0 Å². The molecule has 0 bridgehead atoms. The summed E-state index contributed by atoms with van der Waals surface area (Å²) in [5.41, 5.74) is 0. The van der Waals surface area contributed by atoms with Crippen molar-refractivity contribution in [3.63, 3.8) is 0 Å². The van der Waals surface area contributed by atoms with Crippen LogP contribution in [0.1, 0.15) is 0 Å². The highest BCUT2D eigenvalue weighted by molar-refractivity contribution is 9.12. The Hall–Kier alpha value is -0.350. The lowest BCUT2D eigenvalue weighted by molar-refractivity contribution is -0.140. The molecular formula is C5H5BrO3. The van der Waals surface area contributed by atoms with Crippen LogP contribution in [0.3, 0.4) is 0 Å². The molecule has 1 aliphatic heterocycles. The predicted molar refractivity (Wildman–Crippen MR) is 34.0 cm³/mol. The molecule has 0 unspecified atom stereocenters. The third-order valence-electron chi connectivity index (χ3n) is 0.966. The molecule has 0 spiro atoms. The molecule has 0 saturated heterocycles. The van der Waals surface area contributed by atoms with Crippen molar-refractivity contribution in [2.24, 2.45) is 0 Å². The summed E-state index contributed by atoms with van der Waals surface area (Å²) in [6.45, 7) is -0.152. The average Bonchev–Trinajstić information content (AvgIpc) is 2.13. The van der Waals surface area contributed by atoms with Crippen molar-refractivity contribution in [1.82, 2.24) is 0 Å². The number of rotatable bonds is 1. The molecule has 4 heteroatoms. The van der Waals surface area contributed by atoms with Gasteiger partial charge in [-0.15, -0.1) is 0 Å². The van der Waals surface area contributed by atoms with Gasteiger partial charge in [-0.25, -0.2) is 4.79 Å². The molecule has 1 aliphatic rings. The number of hydrogen-bond donors (Lipinski definition) is 1. The molecule has 0 fully saturated rings. The summed E-state index contributed by atoms with van der Waals surface area (Å²) in [6.07, 6.45) is 1.08. The molecule has 1 heterocycles. The van der Waals surface area contributed by atoms with Crippen LogP contribution in [0.15, 0.2) is 10.6 Å². The molecule has 0 radical (unpaired) electrons. The normalized spacial score (nSPS) is 25.8. The number of hydrogen-bond acceptors (Lipinski definition) is 3. The molecule has 1 rings (SSSR count). The molecule has 3 nitrogen and oxygen atoms in total. The quantitative estimate of drug-likeness (QED) is 0.604. The molecule has 1 atom stereocenters. The zero-order chi connectivity index (χ0) is 6.85. The van der Waals surface area contributed by atoms with Crippen molar-refractivity contribution in [3.8, 4) is 0 Å². The molecular weight excluding hydrogens is 188 g/mol. The van der Waals surface area contributed by atoms with Crippen molar-refractivity contribution >= 4 is 21.9 Å². The fraction of sp³-hybridized carbons (Fsp3) is 0.400. The van der Waals surface area contributed by atoms with E-state index in [1.54, 1.807) is 0 Å². The van der Waals surface area contributed by atoms with E-state index in [0.29, 0.717) is 4.48 Å². The third-order valence-corrected chi connectivity index (χ3v) is 1.55. The Labute approximate surface area is 60.4 Å². The summed E-state index contributed by atoms with van der Waals surface area (Å²) in [4.78, 5) is 10.5. The van der Waals surface area contributed by atoms with E-state index in [1.807, 2.05) is 0 Å². The van der Waals surface area contributed by atoms with E-state index in [-0.39, 0.29) is 6.61 Å². The standard InChI is InChI=1S/C5H5BrO3/c6-4-1-3(2-7)9-5(4)8/h1,3,7H,2H2/t3-/m0/s1. The van der Waals surface area contributed by atoms with Gasteiger partial charge < -0.3 is 9.84 Å². The Morgan fingerprint density at radius 1 is 1.89 bits per heavy atom. The van der Waals surface area contributed by atoms with E-state index < -0.39 is 12.1 Å². The highest BCUT2D eigenvalue weighted by Gasteiger charge is 2.22. The van der Waals surface area contributed by atoms with Crippen molar-refractivity contribution < 1.29 is 14.6 Å². The van der Waals surface area contributed by atoms with Crippen LogP contribution in [0, 0.1) is 0 Å². The average molecular weight is 193 g/mol. The number of halogens is 1. The van der Waals surface area contributed by atoms with Gasteiger partial charge >= 0.3 is 5.97 Å². The topological polar surface area (TPSA) is 46.5 Å². The monoisotopic (exact) mass is 192 g/mol. The van der Waals surface area contributed by atoms with Crippen molar-refractivity contribution in [1.29, 1.82) is 0 Å². The Morgan fingerprint density at radius 3 is 2.78 bits per heavy atom. The van der Waals surface area contributed by atoms with Gasteiger partial charge in [-0.2, -0.15) is 0 Å². The van der Waals surface area contributed by atoms with Gasteiger partial charge in [0, 0.05) is 0 Å². The van der Waals surface area contributed by atoms with Gasteiger partial charge in [0.05, 0.1) is 6.61 Å². The van der Waals surface area contributed by atoms with Crippen LogP contribution in [-0.4, -0.2) is 23.8 Å². The second-order valence-electron chi connectivity index (χ2n) is 1.64. The number of aliphatic hydroxyl groups is 1. The van der Waals surface area contributed by atoms with Crippen LogP contribution in [-0.2, 0) is 9.53 Å². The van der Waals surface area contributed by atoms with Crippen LogP contribution >= 0.6 is 15.9 Å². The maximum absolute atomic E-state index is 10.5. The van der Waals surface area contributed by atoms with Crippen molar-refractivity contribution in [3.05, 3.63) is 10.6 Å². The van der Waals surface area contributed by atoms with E-state index in [4.69, 9.17) is 5.11 Å². The van der Waals surface area contributed by atoms with Gasteiger partial charge in [0.25, 0.3) is 0 Å². The summed E-state index contributed by atoms with van der Waals surface area (Å²) >= 11 is 2.96. The van der Waals surface area contributed by atoms with E-state index in [1.165, 1.54) is 6.08 Å². The predicted octanol–water partition coefficient (Wildman–Crippen LogP) is 0.183. The van der Waals surface area contributed by atoms with Gasteiger partial charge in [-0.05, 0) is 22.0 Å². The smallest absolute Gasteiger partial charge is 0.345 e. The zero-order valence-electron chi connectivity index (χ0n) is 4.50. The highest BCUT2D eigenvalue weighted by Crippen LogP contribution is 2.17. The number of cyclic esters (lactones) is 1. The van der Waals surface area contributed by atoms with Crippen LogP contribution < -0.4 is 0 Å². The van der Waals surface area contributed by atoms with Gasteiger partial charge in [0.1, 0.15) is 10.6 Å². The summed E-state index contributed by atoms with van der Waals surface area (Å²) in [5.74, 6) is -0.408. The summed E-state index contributed by atoms with van der Waals surface area (Å²) in [5, 5.41) is 8.46. The Kier molecular flexibility index (Phi) is 1.87. The second kappa shape index (κ2) is 2.49. The maximum Gasteiger partial charge on any atom is 0.345 e. The molecule has 0 aromatic heterocycles. The van der Waals surface area contributed by atoms with Gasteiger partial charge in [-0.3, -0.25) is 0 Å². The van der Waals surface area contributed by atoms with Crippen LogP contribution in [0.5, 0.6) is 0 Å². The molecule has 0 aromatic rings. The van der Waals surface area contributed by atoms with Crippen molar-refractivity contribution in [2.75, 3.05) is 6.61 Å². The highest BCUT2D eigenvalue weighted by atomic mass is 79.9. The number of esters is 1. The molecule has 0 aromatic carbocycles. The molecule has 1 N–H and O–H groups in total. The van der Waals surface area contributed by atoms with Crippen LogP contribution in [0.25, 0.3) is 0 Å². The molecule has 50 valence electrons. The number of aliphatic hydroxyl groups excluding tert-OH is 1. The van der Waals surface area contributed by atoms with E-state index in [0.717, 1.165) is 0 Å².